The third kappa shape index (κ3) is 2.11. The van der Waals surface area contributed by atoms with E-state index in [0.29, 0.717) is 17.3 Å². The molecule has 1 aromatic carbocycles. The summed E-state index contributed by atoms with van der Waals surface area (Å²) in [7, 11) is 2.09. The molecule has 0 saturated carbocycles. The van der Waals surface area contributed by atoms with Crippen LogP contribution in [0.4, 0.5) is 5.69 Å². The van der Waals surface area contributed by atoms with Gasteiger partial charge in [0.1, 0.15) is 11.3 Å². The van der Waals surface area contributed by atoms with Crippen molar-refractivity contribution in [3.8, 4) is 0 Å². The number of fused-ring (bicyclic) bond motifs is 1. The van der Waals surface area contributed by atoms with E-state index in [2.05, 4.69) is 17.3 Å². The largest absolute Gasteiger partial charge is 0.421 e. The van der Waals surface area contributed by atoms with Crippen molar-refractivity contribution in [2.45, 2.75) is 12.5 Å². The van der Waals surface area contributed by atoms with Gasteiger partial charge in [-0.2, -0.15) is 0 Å². The van der Waals surface area contributed by atoms with E-state index >= 15 is 0 Å². The maximum absolute atomic E-state index is 11.9. The highest BCUT2D eigenvalue weighted by Crippen LogP contribution is 2.17. The Morgan fingerprint density at radius 3 is 3.00 bits per heavy atom. The van der Waals surface area contributed by atoms with E-state index in [4.69, 9.17) is 4.42 Å². The van der Waals surface area contributed by atoms with Gasteiger partial charge >= 0.3 is 5.63 Å². The molecule has 1 atom stereocenters. The Kier molecular flexibility index (Phi) is 2.80. The van der Waals surface area contributed by atoms with Crippen LogP contribution in [-0.2, 0) is 0 Å². The second-order valence-corrected chi connectivity index (χ2v) is 4.88. The number of para-hydroxylation sites is 1. The lowest BCUT2D eigenvalue weighted by molar-refractivity contribution is 0.414. The van der Waals surface area contributed by atoms with E-state index < -0.39 is 0 Å². The fourth-order valence-electron chi connectivity index (χ4n) is 2.44. The van der Waals surface area contributed by atoms with E-state index in [-0.39, 0.29) is 5.63 Å². The predicted molar refractivity (Wildman–Crippen MR) is 72.0 cm³/mol. The molecule has 2 heterocycles. The Morgan fingerprint density at radius 1 is 1.39 bits per heavy atom. The first-order chi connectivity index (χ1) is 8.72. The molecule has 0 radical (unpaired) electrons. The zero-order valence-corrected chi connectivity index (χ0v) is 10.3. The number of anilines is 1. The van der Waals surface area contributed by atoms with Gasteiger partial charge in [0.05, 0.1) is 0 Å². The molecule has 1 aliphatic heterocycles. The minimum Gasteiger partial charge on any atom is -0.421 e. The van der Waals surface area contributed by atoms with Crippen molar-refractivity contribution in [1.82, 2.24) is 4.90 Å². The normalized spacial score (nSPS) is 20.4. The molecule has 94 valence electrons. The van der Waals surface area contributed by atoms with Crippen LogP contribution < -0.4 is 10.9 Å². The number of likely N-dealkylation sites (N-methyl/N-ethyl adjacent to an activating group) is 1. The topological polar surface area (TPSA) is 45.5 Å². The molecule has 1 N–H and O–H groups in total. The Bertz CT molecular complexity index is 620. The van der Waals surface area contributed by atoms with E-state index in [1.807, 2.05) is 30.3 Å². The van der Waals surface area contributed by atoms with Crippen molar-refractivity contribution >= 4 is 16.7 Å². The van der Waals surface area contributed by atoms with Crippen LogP contribution in [0.2, 0.25) is 0 Å². The van der Waals surface area contributed by atoms with Crippen LogP contribution in [0.5, 0.6) is 0 Å². The highest BCUT2D eigenvalue weighted by Gasteiger charge is 2.20. The predicted octanol–water partition coefficient (Wildman–Crippen LogP) is 1.91. The smallest absolute Gasteiger partial charge is 0.359 e. The summed E-state index contributed by atoms with van der Waals surface area (Å²) in [6.45, 7) is 2.03. The van der Waals surface area contributed by atoms with Crippen molar-refractivity contribution in [1.29, 1.82) is 0 Å². The summed E-state index contributed by atoms with van der Waals surface area (Å²) in [4.78, 5) is 14.1. The number of nitrogens with zero attached hydrogens (tertiary/aromatic N) is 1. The van der Waals surface area contributed by atoms with Gasteiger partial charge < -0.3 is 14.6 Å². The van der Waals surface area contributed by atoms with Gasteiger partial charge in [-0.3, -0.25) is 0 Å². The van der Waals surface area contributed by atoms with Crippen molar-refractivity contribution in [2.24, 2.45) is 0 Å². The number of hydrogen-bond acceptors (Lipinski definition) is 4. The van der Waals surface area contributed by atoms with Gasteiger partial charge in [-0.15, -0.1) is 0 Å². The molecule has 0 bridgehead atoms. The summed E-state index contributed by atoms with van der Waals surface area (Å²) >= 11 is 0. The monoisotopic (exact) mass is 244 g/mol. The summed E-state index contributed by atoms with van der Waals surface area (Å²) in [5, 5.41) is 4.23. The quantitative estimate of drug-likeness (QED) is 0.820. The minimum absolute atomic E-state index is 0.289. The maximum Gasteiger partial charge on any atom is 0.359 e. The molecule has 1 fully saturated rings. The van der Waals surface area contributed by atoms with Crippen molar-refractivity contribution in [3.05, 3.63) is 40.8 Å². The molecular formula is C14H16N2O2. The summed E-state index contributed by atoms with van der Waals surface area (Å²) in [6, 6.07) is 9.77. The zero-order valence-electron chi connectivity index (χ0n) is 10.3. The number of nitrogens with one attached hydrogen (secondary N) is 1. The molecule has 2 aromatic rings. The third-order valence-electron chi connectivity index (χ3n) is 3.39. The SMILES string of the molecule is CN1CC[C@H](Nc2cc3ccccc3oc2=O)C1. The van der Waals surface area contributed by atoms with Gasteiger partial charge in [0.25, 0.3) is 0 Å². The van der Waals surface area contributed by atoms with Gasteiger partial charge in [-0.05, 0) is 32.1 Å². The van der Waals surface area contributed by atoms with Crippen LogP contribution in [0.3, 0.4) is 0 Å². The summed E-state index contributed by atoms with van der Waals surface area (Å²) in [5.41, 5.74) is 0.911. The van der Waals surface area contributed by atoms with Crippen LogP contribution in [0.1, 0.15) is 6.42 Å². The summed E-state index contributed by atoms with van der Waals surface area (Å²) < 4.78 is 5.30. The molecule has 1 saturated heterocycles. The van der Waals surface area contributed by atoms with Crippen LogP contribution in [0, 0.1) is 0 Å². The first-order valence-corrected chi connectivity index (χ1v) is 6.20. The molecule has 4 heteroatoms. The lowest BCUT2D eigenvalue weighted by atomic mass is 10.2. The van der Waals surface area contributed by atoms with E-state index in [1.165, 1.54) is 0 Å². The first-order valence-electron chi connectivity index (χ1n) is 6.20. The van der Waals surface area contributed by atoms with Gasteiger partial charge in [0.15, 0.2) is 0 Å². The van der Waals surface area contributed by atoms with Gasteiger partial charge in [-0.1, -0.05) is 18.2 Å². The lowest BCUT2D eigenvalue weighted by Gasteiger charge is -2.13. The molecule has 0 amide bonds. The zero-order chi connectivity index (χ0) is 12.5. The number of likely N-dealkylation sites (tertiary alicyclic amines) is 1. The second kappa shape index (κ2) is 4.46. The molecule has 1 aromatic heterocycles. The minimum atomic E-state index is -0.289. The molecule has 1 aliphatic rings. The molecule has 0 aliphatic carbocycles. The molecule has 3 rings (SSSR count). The van der Waals surface area contributed by atoms with Crippen LogP contribution in [0.15, 0.2) is 39.5 Å². The molecule has 4 nitrogen and oxygen atoms in total. The highest BCUT2D eigenvalue weighted by atomic mass is 16.4. The van der Waals surface area contributed by atoms with Crippen molar-refractivity contribution < 1.29 is 4.42 Å². The van der Waals surface area contributed by atoms with E-state index in [9.17, 15) is 4.79 Å². The van der Waals surface area contributed by atoms with Crippen molar-refractivity contribution in [2.75, 3.05) is 25.5 Å². The Hall–Kier alpha value is -1.81. The van der Waals surface area contributed by atoms with Gasteiger partial charge in [0.2, 0.25) is 0 Å². The number of rotatable bonds is 2. The molecular weight excluding hydrogens is 228 g/mol. The van der Waals surface area contributed by atoms with E-state index in [0.717, 1.165) is 24.9 Å². The Balaban J connectivity index is 1.92. The van der Waals surface area contributed by atoms with Gasteiger partial charge in [-0.25, -0.2) is 4.79 Å². The fourth-order valence-corrected chi connectivity index (χ4v) is 2.44. The Morgan fingerprint density at radius 2 is 2.22 bits per heavy atom. The standard InChI is InChI=1S/C14H16N2O2/c1-16-7-6-11(9-16)15-12-8-10-4-2-3-5-13(10)18-14(12)17/h2-5,8,11,15H,6-7,9H2,1H3/t11-/m0/s1. The summed E-state index contributed by atoms with van der Waals surface area (Å²) in [6.07, 6.45) is 1.06. The first kappa shape index (κ1) is 11.3. The summed E-state index contributed by atoms with van der Waals surface area (Å²) in [5.74, 6) is 0. The molecule has 0 spiro atoms. The average molecular weight is 244 g/mol. The highest BCUT2D eigenvalue weighted by molar-refractivity contribution is 5.79. The lowest BCUT2D eigenvalue weighted by Crippen LogP contribution is -2.26. The van der Waals surface area contributed by atoms with Crippen LogP contribution in [0.25, 0.3) is 11.0 Å². The number of hydrogen-bond donors (Lipinski definition) is 1. The fraction of sp³-hybridized carbons (Fsp3) is 0.357. The number of benzene rings is 1. The van der Waals surface area contributed by atoms with Crippen molar-refractivity contribution in [3.63, 3.8) is 0 Å². The maximum atomic E-state index is 11.9. The third-order valence-corrected chi connectivity index (χ3v) is 3.39. The van der Waals surface area contributed by atoms with Crippen LogP contribution in [-0.4, -0.2) is 31.1 Å². The molecule has 18 heavy (non-hydrogen) atoms. The average Bonchev–Trinajstić information content (AvgIpc) is 2.76. The van der Waals surface area contributed by atoms with E-state index in [1.54, 1.807) is 0 Å². The van der Waals surface area contributed by atoms with Gasteiger partial charge in [0, 0.05) is 18.0 Å². The Labute approximate surface area is 105 Å². The van der Waals surface area contributed by atoms with Crippen LogP contribution >= 0.6 is 0 Å². The second-order valence-electron chi connectivity index (χ2n) is 4.88. The molecule has 0 unspecified atom stereocenters.